The van der Waals surface area contributed by atoms with Crippen LogP contribution in [0.25, 0.3) is 0 Å². The molecule has 7 rings (SSSR count). The molecular formula is C27H24F2N4O4. The van der Waals surface area contributed by atoms with E-state index in [-0.39, 0.29) is 37.0 Å². The second-order valence-corrected chi connectivity index (χ2v) is 9.91. The van der Waals surface area contributed by atoms with E-state index in [1.165, 1.54) is 16.9 Å². The minimum atomic E-state index is -0.919. The number of aromatic nitrogens is 1. The van der Waals surface area contributed by atoms with E-state index in [2.05, 4.69) is 4.90 Å². The van der Waals surface area contributed by atoms with Crippen LogP contribution in [0.5, 0.6) is 5.75 Å². The van der Waals surface area contributed by atoms with Crippen LogP contribution in [0.15, 0.2) is 53.5 Å². The van der Waals surface area contributed by atoms with Crippen molar-refractivity contribution in [3.8, 4) is 5.75 Å². The quantitative estimate of drug-likeness (QED) is 0.576. The molecule has 1 saturated heterocycles. The smallest absolute Gasteiger partial charge is 0.278 e. The van der Waals surface area contributed by atoms with Gasteiger partial charge in [-0.3, -0.25) is 19.3 Å². The lowest BCUT2D eigenvalue weighted by atomic mass is 9.93. The summed E-state index contributed by atoms with van der Waals surface area (Å²) in [4.78, 5) is 29.5. The van der Waals surface area contributed by atoms with Crippen molar-refractivity contribution < 1.29 is 23.4 Å². The van der Waals surface area contributed by atoms with Gasteiger partial charge in [0, 0.05) is 48.2 Å². The van der Waals surface area contributed by atoms with Crippen molar-refractivity contribution in [3.63, 3.8) is 0 Å². The van der Waals surface area contributed by atoms with Crippen molar-refractivity contribution >= 4 is 11.6 Å². The van der Waals surface area contributed by atoms with E-state index >= 15 is 4.39 Å². The van der Waals surface area contributed by atoms with Crippen LogP contribution in [0.1, 0.15) is 46.1 Å². The Labute approximate surface area is 210 Å². The van der Waals surface area contributed by atoms with Crippen molar-refractivity contribution in [1.29, 1.82) is 0 Å². The van der Waals surface area contributed by atoms with Gasteiger partial charge in [0.05, 0.1) is 13.2 Å². The Morgan fingerprint density at radius 2 is 1.78 bits per heavy atom. The Bertz CT molecular complexity index is 1500. The number of benzene rings is 2. The number of ether oxygens (including phenoxy) is 1. The van der Waals surface area contributed by atoms with Gasteiger partial charge in [0.15, 0.2) is 23.1 Å². The number of amides is 1. The summed E-state index contributed by atoms with van der Waals surface area (Å²) in [6, 6.07) is 11.2. The molecule has 0 unspecified atom stereocenters. The van der Waals surface area contributed by atoms with E-state index in [0.29, 0.717) is 12.2 Å². The van der Waals surface area contributed by atoms with Crippen LogP contribution in [-0.4, -0.2) is 52.6 Å². The Hall–Kier alpha value is -3.92. The van der Waals surface area contributed by atoms with Crippen LogP contribution >= 0.6 is 0 Å². The third-order valence-corrected chi connectivity index (χ3v) is 7.82. The highest BCUT2D eigenvalue weighted by molar-refractivity contribution is 5.96. The molecule has 2 aromatic carbocycles. The first-order valence-electron chi connectivity index (χ1n) is 12.4. The number of carbonyl (C=O) groups is 1. The summed E-state index contributed by atoms with van der Waals surface area (Å²) in [6.07, 6.45) is 2.77. The Kier molecular flexibility index (Phi) is 4.84. The van der Waals surface area contributed by atoms with Gasteiger partial charge in [-0.05, 0) is 30.5 Å². The lowest BCUT2D eigenvalue weighted by Gasteiger charge is -2.51. The summed E-state index contributed by atoms with van der Waals surface area (Å²) in [7, 11) is 0. The first kappa shape index (κ1) is 22.3. The summed E-state index contributed by atoms with van der Waals surface area (Å²) in [5, 5.41) is 12.6. The molecule has 1 amide bonds. The largest absolute Gasteiger partial charge is 0.502 e. The van der Waals surface area contributed by atoms with Gasteiger partial charge in [0.2, 0.25) is 5.43 Å². The highest BCUT2D eigenvalue weighted by Crippen LogP contribution is 2.46. The van der Waals surface area contributed by atoms with E-state index in [4.69, 9.17) is 4.74 Å². The van der Waals surface area contributed by atoms with Crippen molar-refractivity contribution in [2.24, 2.45) is 0 Å². The van der Waals surface area contributed by atoms with E-state index in [1.54, 1.807) is 11.0 Å². The maximum atomic E-state index is 15.5. The van der Waals surface area contributed by atoms with Crippen LogP contribution in [0.3, 0.4) is 0 Å². The molecule has 10 heteroatoms. The van der Waals surface area contributed by atoms with Crippen LogP contribution in [0.2, 0.25) is 0 Å². The second-order valence-electron chi connectivity index (χ2n) is 9.91. The molecule has 1 aliphatic carbocycles. The SMILES string of the molecule is O=C1c2c(O)c(=O)ccn2N([C@@H]2c3ccccc3N(C3CC3)Cc3c2ccc(F)c3F)[C@@H]2COCCN12. The number of rotatable bonds is 2. The zero-order chi connectivity index (χ0) is 25.4. The maximum Gasteiger partial charge on any atom is 0.278 e. The summed E-state index contributed by atoms with van der Waals surface area (Å²) < 4.78 is 37.3. The van der Waals surface area contributed by atoms with E-state index in [1.807, 2.05) is 29.3 Å². The fourth-order valence-electron chi connectivity index (χ4n) is 5.96. The average molecular weight is 507 g/mol. The third kappa shape index (κ3) is 3.21. The second kappa shape index (κ2) is 8.04. The predicted octanol–water partition coefficient (Wildman–Crippen LogP) is 2.85. The summed E-state index contributed by atoms with van der Waals surface area (Å²) in [5.41, 5.74) is 1.73. The normalized spacial score (nSPS) is 22.6. The molecule has 1 saturated carbocycles. The molecule has 2 atom stereocenters. The fraction of sp³-hybridized carbons (Fsp3) is 0.333. The first-order chi connectivity index (χ1) is 18.0. The van der Waals surface area contributed by atoms with Crippen LogP contribution in [0, 0.1) is 11.6 Å². The fourth-order valence-corrected chi connectivity index (χ4v) is 5.96. The first-order valence-corrected chi connectivity index (χ1v) is 12.4. The number of para-hydroxylation sites is 1. The average Bonchev–Trinajstić information content (AvgIpc) is 3.76. The van der Waals surface area contributed by atoms with Gasteiger partial charge < -0.3 is 19.6 Å². The van der Waals surface area contributed by atoms with Gasteiger partial charge in [-0.25, -0.2) is 8.78 Å². The van der Waals surface area contributed by atoms with Crippen LogP contribution < -0.4 is 15.3 Å². The van der Waals surface area contributed by atoms with Crippen molar-refractivity contribution in [3.05, 3.63) is 92.9 Å². The van der Waals surface area contributed by atoms with Crippen molar-refractivity contribution in [2.75, 3.05) is 29.7 Å². The molecule has 0 spiro atoms. The van der Waals surface area contributed by atoms with E-state index in [0.717, 1.165) is 30.2 Å². The number of hydrogen-bond acceptors (Lipinski definition) is 6. The zero-order valence-electron chi connectivity index (χ0n) is 19.8. The minimum Gasteiger partial charge on any atom is -0.502 e. The van der Waals surface area contributed by atoms with Gasteiger partial charge in [0.1, 0.15) is 12.2 Å². The molecule has 3 aromatic rings. The zero-order valence-corrected chi connectivity index (χ0v) is 19.8. The Morgan fingerprint density at radius 1 is 0.973 bits per heavy atom. The topological polar surface area (TPSA) is 78.2 Å². The highest BCUT2D eigenvalue weighted by Gasteiger charge is 2.47. The van der Waals surface area contributed by atoms with Crippen LogP contribution in [0.4, 0.5) is 14.5 Å². The van der Waals surface area contributed by atoms with Gasteiger partial charge in [-0.15, -0.1) is 0 Å². The highest BCUT2D eigenvalue weighted by atomic mass is 19.2. The van der Waals surface area contributed by atoms with E-state index < -0.39 is 40.9 Å². The van der Waals surface area contributed by atoms with Gasteiger partial charge in [-0.2, -0.15) is 0 Å². The van der Waals surface area contributed by atoms with Crippen molar-refractivity contribution in [1.82, 2.24) is 9.58 Å². The number of carbonyl (C=O) groups excluding carboxylic acids is 1. The number of halogens is 2. The molecule has 2 fully saturated rings. The monoisotopic (exact) mass is 506 g/mol. The summed E-state index contributed by atoms with van der Waals surface area (Å²) in [6.45, 7) is 0.940. The molecule has 0 radical (unpaired) electrons. The molecule has 4 aliphatic rings. The number of fused-ring (bicyclic) bond motifs is 4. The molecule has 8 nitrogen and oxygen atoms in total. The molecule has 0 bridgehead atoms. The predicted molar refractivity (Wildman–Crippen MR) is 130 cm³/mol. The van der Waals surface area contributed by atoms with Gasteiger partial charge in [0.25, 0.3) is 5.91 Å². The number of morpholine rings is 1. The lowest BCUT2D eigenvalue weighted by molar-refractivity contribution is -0.0196. The molecule has 3 aliphatic heterocycles. The molecule has 1 N–H and O–H groups in total. The van der Waals surface area contributed by atoms with E-state index in [9.17, 15) is 19.1 Å². The number of pyridine rings is 1. The van der Waals surface area contributed by atoms with Gasteiger partial charge >= 0.3 is 0 Å². The molecule has 190 valence electrons. The third-order valence-electron chi connectivity index (χ3n) is 7.82. The molecular weight excluding hydrogens is 482 g/mol. The van der Waals surface area contributed by atoms with Crippen LogP contribution in [-0.2, 0) is 11.3 Å². The molecule has 37 heavy (non-hydrogen) atoms. The minimum absolute atomic E-state index is 0.157. The Morgan fingerprint density at radius 3 is 2.59 bits per heavy atom. The molecule has 4 heterocycles. The lowest BCUT2D eigenvalue weighted by Crippen LogP contribution is -2.66. The summed E-state index contributed by atoms with van der Waals surface area (Å²) in [5.74, 6) is -2.94. The van der Waals surface area contributed by atoms with Crippen molar-refractivity contribution in [2.45, 2.75) is 37.6 Å². The number of hydrogen-bond donors (Lipinski definition) is 1. The number of aromatic hydroxyl groups is 1. The summed E-state index contributed by atoms with van der Waals surface area (Å²) >= 11 is 0. The number of nitrogens with zero attached hydrogens (tertiary/aromatic N) is 4. The van der Waals surface area contributed by atoms with Gasteiger partial charge in [-0.1, -0.05) is 24.3 Å². The Balaban J connectivity index is 1.54. The number of anilines is 1. The standard InChI is InChI=1S/C27H24F2N4O4/c28-19-8-7-16-18(23(19)29)13-31(15-5-6-15)20-4-2-1-3-17(20)24(16)33-22-14-37-12-11-30(22)27(36)25-26(35)21(34)9-10-32(25)33/h1-4,7-10,15,22,24,35H,5-6,11-14H2/t22-,24+/m1/s1. The maximum absolute atomic E-state index is 15.5. The molecule has 1 aromatic heterocycles.